The zero-order valence-corrected chi connectivity index (χ0v) is 15.3. The molecule has 0 radical (unpaired) electrons. The summed E-state index contributed by atoms with van der Waals surface area (Å²) in [6.45, 7) is 8.87. The van der Waals surface area contributed by atoms with Gasteiger partial charge in [-0.1, -0.05) is 6.92 Å². The minimum Gasteiger partial charge on any atom is -0.497 e. The second-order valence-corrected chi connectivity index (χ2v) is 6.29. The number of nitrogens with one attached hydrogen (secondary N) is 1. The van der Waals surface area contributed by atoms with Crippen molar-refractivity contribution < 1.29 is 4.74 Å². The predicted molar refractivity (Wildman–Crippen MR) is 103 cm³/mol. The number of hydrogen-bond donors (Lipinski definition) is 1. The molecule has 0 unspecified atom stereocenters. The highest BCUT2D eigenvalue weighted by molar-refractivity contribution is 5.51. The molecule has 1 fully saturated rings. The number of nitrogens with zero attached hydrogens (tertiary/aromatic N) is 4. The van der Waals surface area contributed by atoms with E-state index < -0.39 is 0 Å². The van der Waals surface area contributed by atoms with Crippen molar-refractivity contribution in [2.75, 3.05) is 55.0 Å². The van der Waals surface area contributed by atoms with Crippen LogP contribution in [0.1, 0.15) is 19.0 Å². The molecule has 1 N–H and O–H groups in total. The molecule has 0 spiro atoms. The van der Waals surface area contributed by atoms with Crippen LogP contribution in [-0.4, -0.2) is 49.8 Å². The molecule has 2 aromatic rings. The van der Waals surface area contributed by atoms with E-state index in [1.54, 1.807) is 7.11 Å². The Morgan fingerprint density at radius 1 is 1.04 bits per heavy atom. The third kappa shape index (κ3) is 4.32. The lowest BCUT2D eigenvalue weighted by Gasteiger charge is -2.36. The summed E-state index contributed by atoms with van der Waals surface area (Å²) in [5.41, 5.74) is 2.23. The fourth-order valence-electron chi connectivity index (χ4n) is 3.00. The third-order valence-electron chi connectivity index (χ3n) is 4.40. The van der Waals surface area contributed by atoms with Crippen molar-refractivity contribution >= 4 is 17.5 Å². The SMILES string of the molecule is CCCNc1cc(C)nc(N2CCN(c3ccc(OC)cc3)CC2)n1. The molecule has 0 aliphatic carbocycles. The maximum Gasteiger partial charge on any atom is 0.227 e. The molecule has 0 amide bonds. The lowest BCUT2D eigenvalue weighted by molar-refractivity contribution is 0.415. The molecule has 6 nitrogen and oxygen atoms in total. The maximum atomic E-state index is 5.23. The molecular weight excluding hydrogens is 314 g/mol. The topological polar surface area (TPSA) is 53.5 Å². The van der Waals surface area contributed by atoms with Gasteiger partial charge in [-0.3, -0.25) is 0 Å². The van der Waals surface area contributed by atoms with Crippen molar-refractivity contribution in [1.29, 1.82) is 0 Å². The van der Waals surface area contributed by atoms with Gasteiger partial charge in [0, 0.05) is 50.2 Å². The Hall–Kier alpha value is -2.50. The summed E-state index contributed by atoms with van der Waals surface area (Å²) in [7, 11) is 1.69. The Balaban J connectivity index is 1.64. The molecule has 134 valence electrons. The van der Waals surface area contributed by atoms with Gasteiger partial charge in [0.05, 0.1) is 7.11 Å². The molecule has 1 saturated heterocycles. The molecule has 1 aromatic carbocycles. The van der Waals surface area contributed by atoms with E-state index in [9.17, 15) is 0 Å². The van der Waals surface area contributed by atoms with E-state index in [2.05, 4.69) is 44.1 Å². The first-order valence-electron chi connectivity index (χ1n) is 8.93. The Kier molecular flexibility index (Phi) is 5.58. The molecule has 6 heteroatoms. The van der Waals surface area contributed by atoms with Gasteiger partial charge in [-0.2, -0.15) is 4.98 Å². The molecule has 1 aliphatic rings. The van der Waals surface area contributed by atoms with Crippen LogP contribution < -0.4 is 19.9 Å². The van der Waals surface area contributed by atoms with Crippen molar-refractivity contribution in [3.8, 4) is 5.75 Å². The lowest BCUT2D eigenvalue weighted by Crippen LogP contribution is -2.47. The second kappa shape index (κ2) is 8.05. The number of ether oxygens (including phenoxy) is 1. The van der Waals surface area contributed by atoms with E-state index in [0.717, 1.165) is 62.4 Å². The average Bonchev–Trinajstić information content (AvgIpc) is 2.66. The van der Waals surface area contributed by atoms with Crippen LogP contribution in [0.2, 0.25) is 0 Å². The molecule has 2 heterocycles. The summed E-state index contributed by atoms with van der Waals surface area (Å²) >= 11 is 0. The van der Waals surface area contributed by atoms with E-state index in [1.807, 2.05) is 25.1 Å². The molecule has 3 rings (SSSR count). The number of methoxy groups -OCH3 is 1. The normalized spacial score (nSPS) is 14.5. The number of anilines is 3. The number of aryl methyl sites for hydroxylation is 1. The van der Waals surface area contributed by atoms with E-state index in [-0.39, 0.29) is 0 Å². The predicted octanol–water partition coefficient (Wildman–Crippen LogP) is 2.94. The highest BCUT2D eigenvalue weighted by atomic mass is 16.5. The number of piperazine rings is 1. The molecular formula is C19H27N5O. The summed E-state index contributed by atoms with van der Waals surface area (Å²) in [6, 6.07) is 10.3. The monoisotopic (exact) mass is 341 g/mol. The van der Waals surface area contributed by atoms with E-state index >= 15 is 0 Å². The van der Waals surface area contributed by atoms with Gasteiger partial charge in [0.1, 0.15) is 11.6 Å². The van der Waals surface area contributed by atoms with Gasteiger partial charge >= 0.3 is 0 Å². The van der Waals surface area contributed by atoms with E-state index in [4.69, 9.17) is 4.74 Å². The quantitative estimate of drug-likeness (QED) is 0.872. The van der Waals surface area contributed by atoms with Crippen LogP contribution in [0.25, 0.3) is 0 Å². The number of aromatic nitrogens is 2. The van der Waals surface area contributed by atoms with Crippen molar-refractivity contribution in [2.45, 2.75) is 20.3 Å². The molecule has 0 saturated carbocycles. The molecule has 1 aromatic heterocycles. The van der Waals surface area contributed by atoms with Gasteiger partial charge in [0.25, 0.3) is 0 Å². The van der Waals surface area contributed by atoms with E-state index in [0.29, 0.717) is 0 Å². The highest BCUT2D eigenvalue weighted by Gasteiger charge is 2.20. The van der Waals surface area contributed by atoms with Crippen LogP contribution >= 0.6 is 0 Å². The standard InChI is InChI=1S/C19H27N5O/c1-4-9-20-18-14-15(2)21-19(22-18)24-12-10-23(11-13-24)16-5-7-17(25-3)8-6-16/h5-8,14H,4,9-13H2,1-3H3,(H,20,21,22). The van der Waals surface area contributed by atoms with Gasteiger partial charge in [-0.05, 0) is 37.6 Å². The first-order chi connectivity index (χ1) is 12.2. The first kappa shape index (κ1) is 17.3. The van der Waals surface area contributed by atoms with Gasteiger partial charge < -0.3 is 19.9 Å². The highest BCUT2D eigenvalue weighted by Crippen LogP contribution is 2.22. The minimum atomic E-state index is 0.827. The minimum absolute atomic E-state index is 0.827. The van der Waals surface area contributed by atoms with Crippen LogP contribution in [0.15, 0.2) is 30.3 Å². The van der Waals surface area contributed by atoms with Crippen LogP contribution in [0.4, 0.5) is 17.5 Å². The summed E-state index contributed by atoms with van der Waals surface area (Å²) in [5.74, 6) is 2.64. The van der Waals surface area contributed by atoms with Crippen molar-refractivity contribution in [3.05, 3.63) is 36.0 Å². The van der Waals surface area contributed by atoms with Crippen molar-refractivity contribution in [3.63, 3.8) is 0 Å². The molecule has 25 heavy (non-hydrogen) atoms. The summed E-state index contributed by atoms with van der Waals surface area (Å²) in [4.78, 5) is 14.0. The average molecular weight is 341 g/mol. The second-order valence-electron chi connectivity index (χ2n) is 6.29. The molecule has 0 bridgehead atoms. The Labute approximate surface area is 149 Å². The van der Waals surface area contributed by atoms with Crippen LogP contribution in [-0.2, 0) is 0 Å². The lowest BCUT2D eigenvalue weighted by atomic mass is 10.2. The van der Waals surface area contributed by atoms with E-state index in [1.165, 1.54) is 5.69 Å². The van der Waals surface area contributed by atoms with Gasteiger partial charge in [-0.25, -0.2) is 4.98 Å². The van der Waals surface area contributed by atoms with Gasteiger partial charge in [0.15, 0.2) is 0 Å². The molecule has 1 aliphatic heterocycles. The fourth-order valence-corrected chi connectivity index (χ4v) is 3.00. The largest absolute Gasteiger partial charge is 0.497 e. The number of rotatable bonds is 6. The number of hydrogen-bond acceptors (Lipinski definition) is 6. The summed E-state index contributed by atoms with van der Waals surface area (Å²) in [5, 5.41) is 3.36. The summed E-state index contributed by atoms with van der Waals surface area (Å²) in [6.07, 6.45) is 1.08. The van der Waals surface area contributed by atoms with Gasteiger partial charge in [-0.15, -0.1) is 0 Å². The van der Waals surface area contributed by atoms with Crippen molar-refractivity contribution in [1.82, 2.24) is 9.97 Å². The van der Waals surface area contributed by atoms with Gasteiger partial charge in [0.2, 0.25) is 5.95 Å². The van der Waals surface area contributed by atoms with Crippen LogP contribution in [0, 0.1) is 6.92 Å². The smallest absolute Gasteiger partial charge is 0.227 e. The Morgan fingerprint density at radius 3 is 2.36 bits per heavy atom. The third-order valence-corrected chi connectivity index (χ3v) is 4.40. The Morgan fingerprint density at radius 2 is 1.72 bits per heavy atom. The van der Waals surface area contributed by atoms with Crippen molar-refractivity contribution in [2.24, 2.45) is 0 Å². The van der Waals surface area contributed by atoms with Crippen LogP contribution in [0.5, 0.6) is 5.75 Å². The Bertz CT molecular complexity index is 681. The number of benzene rings is 1. The molecule has 0 atom stereocenters. The zero-order chi connectivity index (χ0) is 17.6. The first-order valence-corrected chi connectivity index (χ1v) is 8.93. The van der Waals surface area contributed by atoms with Crippen LogP contribution in [0.3, 0.4) is 0 Å². The zero-order valence-electron chi connectivity index (χ0n) is 15.3. The fraction of sp³-hybridized carbons (Fsp3) is 0.474. The maximum absolute atomic E-state index is 5.23. The summed E-state index contributed by atoms with van der Waals surface area (Å²) < 4.78 is 5.23.